The Morgan fingerprint density at radius 2 is 1.74 bits per heavy atom. The fraction of sp³-hybridized carbons (Fsp3) is 0.133. The topological polar surface area (TPSA) is 20.3 Å². The van der Waals surface area contributed by atoms with Gasteiger partial charge >= 0.3 is 0 Å². The molecule has 4 heteroatoms. The highest BCUT2D eigenvalue weighted by molar-refractivity contribution is 8.00. The smallest absolute Gasteiger partial charge is 0.238 e. The molecule has 0 N–H and O–H groups in total. The van der Waals surface area contributed by atoms with Crippen molar-refractivity contribution in [3.63, 3.8) is 0 Å². The van der Waals surface area contributed by atoms with Crippen LogP contribution >= 0.6 is 11.8 Å². The van der Waals surface area contributed by atoms with Crippen molar-refractivity contribution in [2.75, 3.05) is 10.7 Å². The summed E-state index contributed by atoms with van der Waals surface area (Å²) in [6, 6.07) is 15.9. The van der Waals surface area contributed by atoms with Gasteiger partial charge in [-0.15, -0.1) is 11.8 Å². The molecule has 0 unspecified atom stereocenters. The summed E-state index contributed by atoms with van der Waals surface area (Å²) in [5.41, 5.74) is 1.83. The van der Waals surface area contributed by atoms with Gasteiger partial charge in [-0.3, -0.25) is 9.69 Å². The van der Waals surface area contributed by atoms with Gasteiger partial charge in [0, 0.05) is 5.69 Å². The molecule has 1 aliphatic rings. The normalized spacial score (nSPS) is 18.9. The van der Waals surface area contributed by atoms with E-state index in [4.69, 9.17) is 0 Å². The van der Waals surface area contributed by atoms with Crippen molar-refractivity contribution < 1.29 is 9.18 Å². The summed E-state index contributed by atoms with van der Waals surface area (Å²) >= 11 is 1.59. The molecular weight excluding hydrogens is 261 g/mol. The zero-order valence-electron chi connectivity index (χ0n) is 10.1. The van der Waals surface area contributed by atoms with Crippen molar-refractivity contribution in [1.82, 2.24) is 0 Å². The quantitative estimate of drug-likeness (QED) is 0.833. The highest BCUT2D eigenvalue weighted by Gasteiger charge is 2.33. The number of anilines is 1. The van der Waals surface area contributed by atoms with Gasteiger partial charge in [-0.25, -0.2) is 4.39 Å². The molecule has 0 aliphatic carbocycles. The molecule has 0 bridgehead atoms. The van der Waals surface area contributed by atoms with E-state index in [0.29, 0.717) is 5.75 Å². The molecule has 0 spiro atoms. The molecule has 96 valence electrons. The number of halogens is 1. The molecule has 0 aromatic heterocycles. The number of amides is 1. The van der Waals surface area contributed by atoms with Gasteiger partial charge in [0.05, 0.1) is 5.75 Å². The largest absolute Gasteiger partial charge is 0.295 e. The Morgan fingerprint density at radius 1 is 1.05 bits per heavy atom. The zero-order valence-corrected chi connectivity index (χ0v) is 10.9. The number of hydrogen-bond acceptors (Lipinski definition) is 2. The van der Waals surface area contributed by atoms with Crippen molar-refractivity contribution in [3.05, 3.63) is 66.0 Å². The van der Waals surface area contributed by atoms with Crippen molar-refractivity contribution >= 4 is 23.4 Å². The van der Waals surface area contributed by atoms with Crippen molar-refractivity contribution in [1.29, 1.82) is 0 Å². The first-order valence-corrected chi connectivity index (χ1v) is 7.05. The SMILES string of the molecule is O=C1CS[C@@H](c2ccccc2)N1c1ccc(F)cc1. The molecule has 0 saturated carbocycles. The Hall–Kier alpha value is -1.81. The summed E-state index contributed by atoms with van der Waals surface area (Å²) in [6.45, 7) is 0. The number of thioether (sulfide) groups is 1. The molecule has 19 heavy (non-hydrogen) atoms. The van der Waals surface area contributed by atoms with E-state index < -0.39 is 0 Å². The van der Waals surface area contributed by atoms with Gasteiger partial charge in [0.15, 0.2) is 0 Å². The Labute approximate surface area is 115 Å². The van der Waals surface area contributed by atoms with Gasteiger partial charge in [-0.1, -0.05) is 30.3 Å². The predicted molar refractivity (Wildman–Crippen MR) is 75.5 cm³/mol. The molecule has 3 rings (SSSR count). The van der Waals surface area contributed by atoms with Crippen LogP contribution in [0.3, 0.4) is 0 Å². The van der Waals surface area contributed by atoms with E-state index in [1.54, 1.807) is 28.8 Å². The molecule has 1 saturated heterocycles. The van der Waals surface area contributed by atoms with Crippen LogP contribution in [0.4, 0.5) is 10.1 Å². The van der Waals surface area contributed by atoms with Gasteiger partial charge in [-0.05, 0) is 29.8 Å². The fourth-order valence-corrected chi connectivity index (χ4v) is 3.35. The second kappa shape index (κ2) is 5.05. The number of hydrogen-bond donors (Lipinski definition) is 0. The average Bonchev–Trinajstić information content (AvgIpc) is 2.83. The summed E-state index contributed by atoms with van der Waals surface area (Å²) in [6.07, 6.45) is 0. The van der Waals surface area contributed by atoms with Crippen molar-refractivity contribution in [2.24, 2.45) is 0 Å². The molecule has 1 atom stereocenters. The minimum atomic E-state index is -0.292. The number of nitrogens with zero attached hydrogens (tertiary/aromatic N) is 1. The van der Waals surface area contributed by atoms with Crippen LogP contribution in [0.5, 0.6) is 0 Å². The third kappa shape index (κ3) is 2.36. The van der Waals surface area contributed by atoms with Crippen LogP contribution < -0.4 is 4.90 Å². The summed E-state index contributed by atoms with van der Waals surface area (Å²) in [5.74, 6) is 0.224. The van der Waals surface area contributed by atoms with Crippen molar-refractivity contribution in [3.8, 4) is 0 Å². The maximum atomic E-state index is 13.0. The van der Waals surface area contributed by atoms with Crippen LogP contribution in [0.1, 0.15) is 10.9 Å². The molecule has 2 nitrogen and oxygen atoms in total. The lowest BCUT2D eigenvalue weighted by atomic mass is 10.2. The Morgan fingerprint density at radius 3 is 2.42 bits per heavy atom. The highest BCUT2D eigenvalue weighted by atomic mass is 32.2. The lowest BCUT2D eigenvalue weighted by Crippen LogP contribution is -2.27. The molecule has 1 fully saturated rings. The van der Waals surface area contributed by atoms with Gasteiger partial charge in [-0.2, -0.15) is 0 Å². The summed E-state index contributed by atoms with van der Waals surface area (Å²) in [5, 5.41) is -0.0286. The third-order valence-corrected chi connectivity index (χ3v) is 4.27. The second-order valence-electron chi connectivity index (χ2n) is 4.31. The molecule has 2 aromatic rings. The monoisotopic (exact) mass is 273 g/mol. The maximum Gasteiger partial charge on any atom is 0.238 e. The van der Waals surface area contributed by atoms with E-state index in [9.17, 15) is 9.18 Å². The van der Waals surface area contributed by atoms with E-state index >= 15 is 0 Å². The molecule has 1 heterocycles. The van der Waals surface area contributed by atoms with E-state index in [2.05, 4.69) is 0 Å². The summed E-state index contributed by atoms with van der Waals surface area (Å²) in [7, 11) is 0. The third-order valence-electron chi connectivity index (χ3n) is 3.06. The van der Waals surface area contributed by atoms with Gasteiger partial charge < -0.3 is 0 Å². The van der Waals surface area contributed by atoms with E-state index in [1.807, 2.05) is 30.3 Å². The first-order valence-electron chi connectivity index (χ1n) is 6.00. The van der Waals surface area contributed by atoms with Crippen molar-refractivity contribution in [2.45, 2.75) is 5.37 Å². The summed E-state index contributed by atoms with van der Waals surface area (Å²) in [4.78, 5) is 13.8. The molecule has 0 radical (unpaired) electrons. The van der Waals surface area contributed by atoms with E-state index in [0.717, 1.165) is 11.3 Å². The van der Waals surface area contributed by atoms with E-state index in [1.165, 1.54) is 12.1 Å². The van der Waals surface area contributed by atoms with Gasteiger partial charge in [0.25, 0.3) is 0 Å². The maximum absolute atomic E-state index is 13.0. The van der Waals surface area contributed by atoms with Crippen LogP contribution in [0.15, 0.2) is 54.6 Å². The number of carbonyl (C=O) groups excluding carboxylic acids is 1. The summed E-state index contributed by atoms with van der Waals surface area (Å²) < 4.78 is 13.0. The lowest BCUT2D eigenvalue weighted by molar-refractivity contribution is -0.115. The Kier molecular flexibility index (Phi) is 3.25. The predicted octanol–water partition coefficient (Wildman–Crippen LogP) is 3.60. The zero-order chi connectivity index (χ0) is 13.2. The van der Waals surface area contributed by atoms with Crippen LogP contribution in [0.25, 0.3) is 0 Å². The number of benzene rings is 2. The van der Waals surface area contributed by atoms with Crippen LogP contribution in [0, 0.1) is 5.82 Å². The minimum absolute atomic E-state index is 0.0286. The molecule has 1 amide bonds. The standard InChI is InChI=1S/C15H12FNOS/c16-12-6-8-13(9-7-12)17-14(18)10-19-15(17)11-4-2-1-3-5-11/h1-9,15H,10H2/t15-/m0/s1. The second-order valence-corrected chi connectivity index (χ2v) is 5.38. The Balaban J connectivity index is 1.97. The molecule has 1 aliphatic heterocycles. The van der Waals surface area contributed by atoms with Crippen LogP contribution in [-0.2, 0) is 4.79 Å². The number of rotatable bonds is 2. The molecule has 2 aromatic carbocycles. The highest BCUT2D eigenvalue weighted by Crippen LogP contribution is 2.41. The Bertz CT molecular complexity index is 585. The minimum Gasteiger partial charge on any atom is -0.295 e. The molecular formula is C15H12FNOS. The lowest BCUT2D eigenvalue weighted by Gasteiger charge is -2.24. The van der Waals surface area contributed by atoms with E-state index in [-0.39, 0.29) is 17.1 Å². The van der Waals surface area contributed by atoms with Crippen LogP contribution in [-0.4, -0.2) is 11.7 Å². The number of carbonyl (C=O) groups is 1. The first kappa shape index (κ1) is 12.2. The van der Waals surface area contributed by atoms with Gasteiger partial charge in [0.2, 0.25) is 5.91 Å². The van der Waals surface area contributed by atoms with Crippen LogP contribution in [0.2, 0.25) is 0 Å². The fourth-order valence-electron chi connectivity index (χ4n) is 2.17. The average molecular weight is 273 g/mol. The van der Waals surface area contributed by atoms with Gasteiger partial charge in [0.1, 0.15) is 11.2 Å². The first-order chi connectivity index (χ1) is 9.25.